The number of hydrogen-bond donors (Lipinski definition) is 0. The van der Waals surface area contributed by atoms with E-state index in [-0.39, 0.29) is 5.04 Å². The van der Waals surface area contributed by atoms with Crippen molar-refractivity contribution < 1.29 is 19.0 Å². The fourth-order valence-corrected chi connectivity index (χ4v) is 5.41. The van der Waals surface area contributed by atoms with Crippen LogP contribution in [0.1, 0.15) is 50.4 Å². The maximum absolute atomic E-state index is 12.4. The Morgan fingerprint density at radius 1 is 0.816 bits per heavy atom. The molecule has 1 aliphatic rings. The second kappa shape index (κ2) is 12.3. The van der Waals surface area contributed by atoms with Crippen molar-refractivity contribution in [3.63, 3.8) is 0 Å². The highest BCUT2D eigenvalue weighted by molar-refractivity contribution is 6.74. The molecule has 0 amide bonds. The van der Waals surface area contributed by atoms with Crippen LogP contribution in [0, 0.1) is 0 Å². The van der Waals surface area contributed by atoms with Crippen LogP contribution in [0.4, 0.5) is 5.69 Å². The Balaban J connectivity index is 1.28. The molecule has 3 aromatic rings. The van der Waals surface area contributed by atoms with Crippen LogP contribution in [0.3, 0.4) is 0 Å². The van der Waals surface area contributed by atoms with Crippen LogP contribution in [0.5, 0.6) is 0 Å². The van der Waals surface area contributed by atoms with Crippen molar-refractivity contribution >= 4 is 20.0 Å². The number of benzene rings is 3. The molecule has 6 heteroatoms. The highest BCUT2D eigenvalue weighted by atomic mass is 28.4. The molecule has 38 heavy (non-hydrogen) atoms. The summed E-state index contributed by atoms with van der Waals surface area (Å²) in [6.07, 6.45) is 3.23. The Kier molecular flexibility index (Phi) is 9.08. The van der Waals surface area contributed by atoms with Gasteiger partial charge in [-0.15, -0.1) is 0 Å². The average Bonchev–Trinajstić information content (AvgIpc) is 3.45. The molecule has 0 bridgehead atoms. The molecule has 0 aliphatic carbocycles. The predicted molar refractivity (Wildman–Crippen MR) is 158 cm³/mol. The molecule has 1 aliphatic heterocycles. The van der Waals surface area contributed by atoms with Gasteiger partial charge in [0.25, 0.3) is 0 Å². The van der Waals surface area contributed by atoms with Gasteiger partial charge in [0.1, 0.15) is 0 Å². The van der Waals surface area contributed by atoms with Gasteiger partial charge in [0, 0.05) is 25.4 Å². The van der Waals surface area contributed by atoms with Gasteiger partial charge in [-0.05, 0) is 90.0 Å². The zero-order valence-corrected chi connectivity index (χ0v) is 24.5. The minimum absolute atomic E-state index is 0.173. The zero-order chi connectivity index (χ0) is 27.2. The number of rotatable bonds is 10. The molecule has 0 unspecified atom stereocenters. The molecule has 0 saturated carbocycles. The summed E-state index contributed by atoms with van der Waals surface area (Å²) in [6, 6.07) is 24.8. The fraction of sp³-hybridized carbons (Fsp3) is 0.406. The number of nitrogens with zero attached hydrogens (tertiary/aromatic N) is 1. The molecule has 0 atom stereocenters. The molecule has 0 aromatic heterocycles. The van der Waals surface area contributed by atoms with E-state index in [1.165, 1.54) is 29.7 Å². The van der Waals surface area contributed by atoms with Crippen molar-refractivity contribution in [3.8, 4) is 22.3 Å². The largest absolute Gasteiger partial charge is 0.417 e. The molecular formula is C32H41NO4Si. The van der Waals surface area contributed by atoms with Gasteiger partial charge in [-0.2, -0.15) is 4.89 Å². The fourth-order valence-electron chi connectivity index (χ4n) is 4.32. The van der Waals surface area contributed by atoms with Crippen LogP contribution in [-0.4, -0.2) is 40.6 Å². The van der Waals surface area contributed by atoms with E-state index >= 15 is 0 Å². The van der Waals surface area contributed by atoms with E-state index in [1.54, 1.807) is 12.1 Å². The summed E-state index contributed by atoms with van der Waals surface area (Å²) in [5, 5.41) is 0.173. The van der Waals surface area contributed by atoms with Crippen LogP contribution in [-0.2, 0) is 14.2 Å². The second-order valence-corrected chi connectivity index (χ2v) is 16.4. The Hall–Kier alpha value is -2.93. The number of hydrogen-bond acceptors (Lipinski definition) is 5. The Labute approximate surface area is 228 Å². The third-order valence-electron chi connectivity index (χ3n) is 7.76. The average molecular weight is 532 g/mol. The molecule has 1 fully saturated rings. The molecule has 0 N–H and O–H groups in total. The molecule has 1 heterocycles. The molecule has 3 aromatic carbocycles. The molecule has 202 valence electrons. The topological polar surface area (TPSA) is 48.0 Å². The summed E-state index contributed by atoms with van der Waals surface area (Å²) >= 11 is 0. The minimum Gasteiger partial charge on any atom is -0.417 e. The summed E-state index contributed by atoms with van der Waals surface area (Å²) < 4.78 is 6.12. The van der Waals surface area contributed by atoms with Gasteiger partial charge in [-0.25, -0.2) is 4.79 Å². The van der Waals surface area contributed by atoms with Gasteiger partial charge < -0.3 is 9.33 Å². The molecule has 0 radical (unpaired) electrons. The van der Waals surface area contributed by atoms with E-state index in [2.05, 4.69) is 87.3 Å². The maximum atomic E-state index is 12.4. The molecular weight excluding hydrogens is 490 g/mol. The lowest BCUT2D eigenvalue weighted by molar-refractivity contribution is -0.241. The van der Waals surface area contributed by atoms with E-state index in [4.69, 9.17) is 14.2 Å². The lowest BCUT2D eigenvalue weighted by Crippen LogP contribution is -2.41. The van der Waals surface area contributed by atoms with E-state index in [9.17, 15) is 4.79 Å². The summed E-state index contributed by atoms with van der Waals surface area (Å²) in [6.45, 7) is 14.3. The molecule has 0 spiro atoms. The summed E-state index contributed by atoms with van der Waals surface area (Å²) in [4.78, 5) is 25.0. The van der Waals surface area contributed by atoms with Crippen molar-refractivity contribution in [2.75, 3.05) is 31.2 Å². The van der Waals surface area contributed by atoms with Gasteiger partial charge in [0.15, 0.2) is 8.32 Å². The second-order valence-electron chi connectivity index (χ2n) is 11.6. The van der Waals surface area contributed by atoms with Crippen molar-refractivity contribution in [3.05, 3.63) is 78.4 Å². The normalized spacial score (nSPS) is 14.1. The first kappa shape index (κ1) is 28.1. The quantitative estimate of drug-likeness (QED) is 0.114. The van der Waals surface area contributed by atoms with Gasteiger partial charge in [0.05, 0.1) is 12.2 Å². The Morgan fingerprint density at radius 3 is 1.97 bits per heavy atom. The van der Waals surface area contributed by atoms with Crippen molar-refractivity contribution in [2.24, 2.45) is 0 Å². The van der Waals surface area contributed by atoms with Crippen LogP contribution in [0.15, 0.2) is 72.8 Å². The van der Waals surface area contributed by atoms with Crippen molar-refractivity contribution in [1.82, 2.24) is 0 Å². The SMILES string of the molecule is CC(C)(C)[Si](C)(C)OCCCOOC(=O)c1ccc(-c2cccc(-c3ccc(N4CCCC4)cc3)c2)cc1. The monoisotopic (exact) mass is 531 g/mol. The smallest absolute Gasteiger partial charge is 0.373 e. The Bertz CT molecular complexity index is 1190. The highest BCUT2D eigenvalue weighted by Gasteiger charge is 2.36. The Morgan fingerprint density at radius 2 is 1.39 bits per heavy atom. The number of anilines is 1. The summed E-state index contributed by atoms with van der Waals surface area (Å²) in [7, 11) is -1.77. The summed E-state index contributed by atoms with van der Waals surface area (Å²) in [5.41, 5.74) is 6.27. The van der Waals surface area contributed by atoms with Gasteiger partial charge in [0.2, 0.25) is 0 Å². The minimum atomic E-state index is -1.77. The first-order chi connectivity index (χ1) is 18.1. The summed E-state index contributed by atoms with van der Waals surface area (Å²) in [5.74, 6) is -0.492. The molecule has 4 rings (SSSR count). The van der Waals surface area contributed by atoms with E-state index in [0.29, 0.717) is 25.2 Å². The van der Waals surface area contributed by atoms with Gasteiger partial charge in [-0.3, -0.25) is 4.89 Å². The van der Waals surface area contributed by atoms with Crippen LogP contribution in [0.25, 0.3) is 22.3 Å². The number of carbonyl (C=O) groups is 1. The predicted octanol–water partition coefficient (Wildman–Crippen LogP) is 8.12. The van der Waals surface area contributed by atoms with Crippen molar-refractivity contribution in [2.45, 2.75) is 58.2 Å². The maximum Gasteiger partial charge on any atom is 0.373 e. The van der Waals surface area contributed by atoms with Crippen LogP contribution in [0.2, 0.25) is 18.1 Å². The number of carbonyl (C=O) groups excluding carboxylic acids is 1. The van der Waals surface area contributed by atoms with E-state index in [1.807, 2.05) is 12.1 Å². The van der Waals surface area contributed by atoms with E-state index in [0.717, 1.165) is 24.2 Å². The highest BCUT2D eigenvalue weighted by Crippen LogP contribution is 2.36. The lowest BCUT2D eigenvalue weighted by Gasteiger charge is -2.36. The first-order valence-electron chi connectivity index (χ1n) is 13.7. The third-order valence-corrected chi connectivity index (χ3v) is 12.3. The van der Waals surface area contributed by atoms with Crippen LogP contribution >= 0.6 is 0 Å². The third kappa shape index (κ3) is 7.13. The van der Waals surface area contributed by atoms with Crippen LogP contribution < -0.4 is 4.90 Å². The van der Waals surface area contributed by atoms with Gasteiger partial charge in [-0.1, -0.05) is 63.2 Å². The zero-order valence-electron chi connectivity index (χ0n) is 23.5. The molecule has 5 nitrogen and oxygen atoms in total. The molecule has 1 saturated heterocycles. The van der Waals surface area contributed by atoms with Crippen molar-refractivity contribution in [1.29, 1.82) is 0 Å². The standard InChI is InChI=1S/C32H41NO4Si/c1-32(2,3)38(4,5)36-23-9-22-35-37-31(34)27-14-12-25(13-15-27)28-10-8-11-29(24-28)26-16-18-30(19-17-26)33-20-6-7-21-33/h8,10-19,24H,6-7,9,20-23H2,1-5H3. The van der Waals surface area contributed by atoms with E-state index < -0.39 is 14.3 Å². The van der Waals surface area contributed by atoms with Gasteiger partial charge >= 0.3 is 5.97 Å². The lowest BCUT2D eigenvalue weighted by atomic mass is 9.98. The first-order valence-corrected chi connectivity index (χ1v) is 16.6.